The second-order valence-corrected chi connectivity index (χ2v) is 3.11. The van der Waals surface area contributed by atoms with E-state index in [1.54, 1.807) is 0 Å². The van der Waals surface area contributed by atoms with E-state index in [2.05, 4.69) is 0 Å². The van der Waals surface area contributed by atoms with Gasteiger partial charge in [-0.2, -0.15) is 0 Å². The number of rotatable bonds is 9. The first-order valence-corrected chi connectivity index (χ1v) is 5.08. The van der Waals surface area contributed by atoms with Gasteiger partial charge in [-0.05, 0) is 12.8 Å². The number of ether oxygens (including phenoxy) is 2. The maximum absolute atomic E-state index is 11.3. The molecule has 88 valence electrons. The molecule has 0 saturated carbocycles. The molecule has 1 unspecified atom stereocenters. The van der Waals surface area contributed by atoms with Crippen LogP contribution < -0.4 is 0 Å². The third-order valence-corrected chi connectivity index (χ3v) is 1.60. The number of hydrogen-bond donors (Lipinski definition) is 1. The zero-order chi connectivity index (χ0) is 11.7. The standard InChI is InChI=1S/C10H18O5/c1-3-5-14-7-8(11)9(10(12)13)15-6-4-2/h9H,3-7H2,1-2H3,(H,12,13). The van der Waals surface area contributed by atoms with Gasteiger partial charge in [0, 0.05) is 13.2 Å². The molecule has 0 bridgehead atoms. The van der Waals surface area contributed by atoms with Crippen LogP contribution in [0, 0.1) is 0 Å². The Morgan fingerprint density at radius 1 is 1.20 bits per heavy atom. The Bertz CT molecular complexity index is 202. The Labute approximate surface area is 89.4 Å². The van der Waals surface area contributed by atoms with Gasteiger partial charge in [-0.15, -0.1) is 0 Å². The van der Waals surface area contributed by atoms with E-state index in [-0.39, 0.29) is 13.2 Å². The van der Waals surface area contributed by atoms with Crippen LogP contribution in [0.15, 0.2) is 0 Å². The summed E-state index contributed by atoms with van der Waals surface area (Å²) in [7, 11) is 0. The molecule has 0 fully saturated rings. The lowest BCUT2D eigenvalue weighted by molar-refractivity contribution is -0.158. The predicted octanol–water partition coefficient (Wildman–Crippen LogP) is 0.862. The lowest BCUT2D eigenvalue weighted by atomic mass is 10.2. The summed E-state index contributed by atoms with van der Waals surface area (Å²) in [6.07, 6.45) is 0.0788. The summed E-state index contributed by atoms with van der Waals surface area (Å²) in [4.78, 5) is 22.0. The Balaban J connectivity index is 3.99. The van der Waals surface area contributed by atoms with Crippen molar-refractivity contribution in [1.82, 2.24) is 0 Å². The number of carbonyl (C=O) groups excluding carboxylic acids is 1. The van der Waals surface area contributed by atoms with Crippen molar-refractivity contribution >= 4 is 11.8 Å². The first kappa shape index (κ1) is 14.1. The van der Waals surface area contributed by atoms with Crippen molar-refractivity contribution in [3.05, 3.63) is 0 Å². The quantitative estimate of drug-likeness (QED) is 0.459. The highest BCUT2D eigenvalue weighted by Crippen LogP contribution is 1.97. The highest BCUT2D eigenvalue weighted by atomic mass is 16.5. The molecule has 0 aliphatic rings. The van der Waals surface area contributed by atoms with Gasteiger partial charge in [0.05, 0.1) is 0 Å². The molecule has 0 rings (SSSR count). The molecule has 0 heterocycles. The SMILES string of the molecule is CCCOCC(=O)C(OCCC)C(=O)O. The van der Waals surface area contributed by atoms with Crippen LogP contribution in [0.2, 0.25) is 0 Å². The number of carboxylic acid groups (broad SMARTS) is 1. The van der Waals surface area contributed by atoms with Crippen molar-refractivity contribution in [3.63, 3.8) is 0 Å². The van der Waals surface area contributed by atoms with Crippen molar-refractivity contribution < 1.29 is 24.2 Å². The van der Waals surface area contributed by atoms with E-state index < -0.39 is 17.9 Å². The van der Waals surface area contributed by atoms with E-state index in [9.17, 15) is 9.59 Å². The zero-order valence-electron chi connectivity index (χ0n) is 9.19. The number of carbonyl (C=O) groups is 2. The van der Waals surface area contributed by atoms with Gasteiger partial charge in [-0.3, -0.25) is 4.79 Å². The minimum absolute atomic E-state index is 0.200. The summed E-state index contributed by atoms with van der Waals surface area (Å²) in [5, 5.41) is 8.73. The highest BCUT2D eigenvalue weighted by Gasteiger charge is 2.26. The molecular formula is C10H18O5. The van der Waals surface area contributed by atoms with Crippen LogP contribution in [0.3, 0.4) is 0 Å². The van der Waals surface area contributed by atoms with Crippen LogP contribution >= 0.6 is 0 Å². The lowest BCUT2D eigenvalue weighted by Crippen LogP contribution is -2.35. The maximum atomic E-state index is 11.3. The fourth-order valence-corrected chi connectivity index (χ4v) is 0.930. The Morgan fingerprint density at radius 3 is 2.27 bits per heavy atom. The van der Waals surface area contributed by atoms with Crippen LogP contribution in [0.25, 0.3) is 0 Å². The second kappa shape index (κ2) is 8.38. The predicted molar refractivity (Wildman–Crippen MR) is 53.8 cm³/mol. The van der Waals surface area contributed by atoms with Gasteiger partial charge < -0.3 is 14.6 Å². The molecule has 5 nitrogen and oxygen atoms in total. The average molecular weight is 218 g/mol. The lowest BCUT2D eigenvalue weighted by Gasteiger charge is -2.11. The van der Waals surface area contributed by atoms with E-state index >= 15 is 0 Å². The summed E-state index contributed by atoms with van der Waals surface area (Å²) in [5.41, 5.74) is 0. The van der Waals surface area contributed by atoms with Crippen molar-refractivity contribution in [2.45, 2.75) is 32.8 Å². The molecule has 0 aromatic rings. The summed E-state index contributed by atoms with van der Waals surface area (Å²) in [6, 6.07) is 0. The fraction of sp³-hybridized carbons (Fsp3) is 0.800. The molecule has 1 N–H and O–H groups in total. The van der Waals surface area contributed by atoms with E-state index in [1.807, 2.05) is 13.8 Å². The maximum Gasteiger partial charge on any atom is 0.340 e. The second-order valence-electron chi connectivity index (χ2n) is 3.11. The molecule has 15 heavy (non-hydrogen) atoms. The van der Waals surface area contributed by atoms with Crippen LogP contribution in [-0.4, -0.2) is 42.8 Å². The number of Topliss-reactive ketones (excluding diaryl/α,β-unsaturated/α-hetero) is 1. The van der Waals surface area contributed by atoms with E-state index in [0.717, 1.165) is 6.42 Å². The van der Waals surface area contributed by atoms with Crippen LogP contribution in [0.4, 0.5) is 0 Å². The van der Waals surface area contributed by atoms with Crippen molar-refractivity contribution in [2.24, 2.45) is 0 Å². The van der Waals surface area contributed by atoms with Crippen LogP contribution in [0.1, 0.15) is 26.7 Å². The van der Waals surface area contributed by atoms with Gasteiger partial charge >= 0.3 is 5.97 Å². The van der Waals surface area contributed by atoms with Gasteiger partial charge in [0.15, 0.2) is 5.78 Å². The molecule has 0 aliphatic carbocycles. The summed E-state index contributed by atoms with van der Waals surface area (Å²) in [6.45, 7) is 4.26. The molecule has 5 heteroatoms. The molecule has 0 saturated heterocycles. The largest absolute Gasteiger partial charge is 0.479 e. The van der Waals surface area contributed by atoms with Crippen molar-refractivity contribution in [3.8, 4) is 0 Å². The van der Waals surface area contributed by atoms with Crippen molar-refractivity contribution in [2.75, 3.05) is 19.8 Å². The number of hydrogen-bond acceptors (Lipinski definition) is 4. The topological polar surface area (TPSA) is 72.8 Å². The minimum atomic E-state index is -1.39. The molecule has 0 radical (unpaired) electrons. The molecule has 0 aromatic carbocycles. The zero-order valence-corrected chi connectivity index (χ0v) is 9.19. The molecule has 1 atom stereocenters. The summed E-state index contributed by atoms with van der Waals surface area (Å²) in [5.74, 6) is -1.79. The third kappa shape index (κ3) is 6.19. The van der Waals surface area contributed by atoms with Gasteiger partial charge in [0.1, 0.15) is 6.61 Å². The monoisotopic (exact) mass is 218 g/mol. The molecule has 0 spiro atoms. The number of ketones is 1. The van der Waals surface area contributed by atoms with E-state index in [0.29, 0.717) is 13.0 Å². The summed E-state index contributed by atoms with van der Waals surface area (Å²) < 4.78 is 9.88. The average Bonchev–Trinajstić information content (AvgIpc) is 2.18. The van der Waals surface area contributed by atoms with Gasteiger partial charge in [-0.1, -0.05) is 13.8 Å². The Kier molecular flexibility index (Phi) is 7.85. The van der Waals surface area contributed by atoms with E-state index in [4.69, 9.17) is 14.6 Å². The summed E-state index contributed by atoms with van der Waals surface area (Å²) >= 11 is 0. The highest BCUT2D eigenvalue weighted by molar-refractivity contribution is 6.01. The Morgan fingerprint density at radius 2 is 1.80 bits per heavy atom. The normalized spacial score (nSPS) is 12.4. The van der Waals surface area contributed by atoms with Gasteiger partial charge in [0.2, 0.25) is 6.10 Å². The molecule has 0 amide bonds. The number of aliphatic carboxylic acids is 1. The smallest absolute Gasteiger partial charge is 0.340 e. The van der Waals surface area contributed by atoms with Gasteiger partial charge in [-0.25, -0.2) is 4.79 Å². The van der Waals surface area contributed by atoms with Crippen LogP contribution in [0.5, 0.6) is 0 Å². The van der Waals surface area contributed by atoms with E-state index in [1.165, 1.54) is 0 Å². The van der Waals surface area contributed by atoms with Crippen LogP contribution in [-0.2, 0) is 19.1 Å². The molecular weight excluding hydrogens is 200 g/mol. The Hall–Kier alpha value is -0.940. The first-order chi connectivity index (χ1) is 7.13. The van der Waals surface area contributed by atoms with Gasteiger partial charge in [0.25, 0.3) is 0 Å². The fourth-order valence-electron chi connectivity index (χ4n) is 0.930. The first-order valence-electron chi connectivity index (χ1n) is 5.08. The molecule has 0 aliphatic heterocycles. The van der Waals surface area contributed by atoms with Crippen molar-refractivity contribution in [1.29, 1.82) is 0 Å². The molecule has 0 aromatic heterocycles. The third-order valence-electron chi connectivity index (χ3n) is 1.60. The number of carboxylic acids is 1. The minimum Gasteiger partial charge on any atom is -0.479 e.